The van der Waals surface area contributed by atoms with Crippen LogP contribution < -0.4 is 10.6 Å². The number of hydrogen-bond donors (Lipinski definition) is 2. The summed E-state index contributed by atoms with van der Waals surface area (Å²) >= 11 is 1.62. The molecule has 2 rings (SSSR count). The third-order valence-corrected chi connectivity index (χ3v) is 5.20. The second-order valence-corrected chi connectivity index (χ2v) is 7.35. The first-order valence-corrected chi connectivity index (χ1v) is 9.06. The third-order valence-electron chi connectivity index (χ3n) is 3.88. The van der Waals surface area contributed by atoms with E-state index in [1.807, 2.05) is 27.0 Å². The molecule has 2 N–H and O–H groups in total. The lowest BCUT2D eigenvalue weighted by Gasteiger charge is -2.26. The maximum atomic E-state index is 12.6. The summed E-state index contributed by atoms with van der Waals surface area (Å²) in [6.45, 7) is 8.48. The fourth-order valence-corrected chi connectivity index (χ4v) is 3.53. The Labute approximate surface area is 141 Å². The predicted octanol–water partition coefficient (Wildman–Crippen LogP) is 2.47. The lowest BCUT2D eigenvalue weighted by atomic mass is 10.2. The molecule has 6 nitrogen and oxygen atoms in total. The van der Waals surface area contributed by atoms with Crippen LogP contribution in [0, 0.1) is 0 Å². The van der Waals surface area contributed by atoms with Gasteiger partial charge in [-0.1, -0.05) is 6.92 Å². The summed E-state index contributed by atoms with van der Waals surface area (Å²) in [4.78, 5) is 32.0. The SMILES string of the molecule is CCc1cnc([C@H](C)NC(=O)[C@@H]2CCCN2C(=O)NC(C)C)s1. The first kappa shape index (κ1) is 17.7. The highest BCUT2D eigenvalue weighted by Crippen LogP contribution is 2.22. The molecule has 0 bridgehead atoms. The normalized spacial score (nSPS) is 19.0. The number of likely N-dealkylation sites (tertiary alicyclic amines) is 1. The Balaban J connectivity index is 1.97. The molecule has 0 spiro atoms. The molecule has 0 unspecified atom stereocenters. The monoisotopic (exact) mass is 338 g/mol. The first-order chi connectivity index (χ1) is 10.9. The van der Waals surface area contributed by atoms with E-state index in [0.717, 1.165) is 17.8 Å². The van der Waals surface area contributed by atoms with Crippen LogP contribution in [0.1, 0.15) is 56.5 Å². The van der Waals surface area contributed by atoms with E-state index in [0.29, 0.717) is 13.0 Å². The van der Waals surface area contributed by atoms with Crippen LogP contribution in [0.5, 0.6) is 0 Å². The van der Waals surface area contributed by atoms with Crippen molar-refractivity contribution in [3.63, 3.8) is 0 Å². The van der Waals surface area contributed by atoms with Crippen molar-refractivity contribution in [3.05, 3.63) is 16.1 Å². The third kappa shape index (κ3) is 4.43. The van der Waals surface area contributed by atoms with Gasteiger partial charge in [-0.25, -0.2) is 9.78 Å². The van der Waals surface area contributed by atoms with E-state index in [-0.39, 0.29) is 30.1 Å². The van der Waals surface area contributed by atoms with E-state index in [4.69, 9.17) is 0 Å². The molecule has 3 amide bonds. The Morgan fingerprint density at radius 3 is 2.74 bits per heavy atom. The summed E-state index contributed by atoms with van der Waals surface area (Å²) in [5.74, 6) is -0.0952. The van der Waals surface area contributed by atoms with E-state index in [2.05, 4.69) is 22.5 Å². The Morgan fingerprint density at radius 1 is 1.39 bits per heavy atom. The van der Waals surface area contributed by atoms with Crippen LogP contribution in [0.15, 0.2) is 6.20 Å². The molecule has 1 fully saturated rings. The van der Waals surface area contributed by atoms with E-state index < -0.39 is 0 Å². The summed E-state index contributed by atoms with van der Waals surface area (Å²) < 4.78 is 0. The molecule has 0 aliphatic carbocycles. The number of thiazole rings is 1. The van der Waals surface area contributed by atoms with Gasteiger partial charge in [0.2, 0.25) is 5.91 Å². The lowest BCUT2D eigenvalue weighted by molar-refractivity contribution is -0.125. The minimum Gasteiger partial charge on any atom is -0.345 e. The molecule has 7 heteroatoms. The second kappa shape index (κ2) is 7.77. The van der Waals surface area contributed by atoms with Gasteiger partial charge in [-0.3, -0.25) is 4.79 Å². The molecule has 1 aliphatic heterocycles. The summed E-state index contributed by atoms with van der Waals surface area (Å²) in [6, 6.07) is -0.619. The van der Waals surface area contributed by atoms with Crippen LogP contribution in [0.2, 0.25) is 0 Å². The van der Waals surface area contributed by atoms with Crippen molar-refractivity contribution in [3.8, 4) is 0 Å². The van der Waals surface area contributed by atoms with Gasteiger partial charge in [0.05, 0.1) is 6.04 Å². The molecule has 1 aliphatic rings. The number of carbonyl (C=O) groups excluding carboxylic acids is 2. The molecular formula is C16H26N4O2S. The summed E-state index contributed by atoms with van der Waals surface area (Å²) in [6.07, 6.45) is 4.38. The average molecular weight is 338 g/mol. The van der Waals surface area contributed by atoms with Gasteiger partial charge < -0.3 is 15.5 Å². The zero-order chi connectivity index (χ0) is 17.0. The maximum Gasteiger partial charge on any atom is 0.318 e. The van der Waals surface area contributed by atoms with E-state index in [9.17, 15) is 9.59 Å². The molecule has 128 valence electrons. The van der Waals surface area contributed by atoms with Gasteiger partial charge in [0, 0.05) is 23.7 Å². The van der Waals surface area contributed by atoms with Crippen molar-refractivity contribution >= 4 is 23.3 Å². The molecule has 1 saturated heterocycles. The highest BCUT2D eigenvalue weighted by Gasteiger charge is 2.35. The summed E-state index contributed by atoms with van der Waals surface area (Å²) in [5.41, 5.74) is 0. The molecular weight excluding hydrogens is 312 g/mol. The number of amides is 3. The zero-order valence-corrected chi connectivity index (χ0v) is 15.1. The standard InChI is InChI=1S/C16H26N4O2S/c1-5-12-9-17-15(23-12)11(4)19-14(21)13-7-6-8-20(13)16(22)18-10(2)3/h9-11,13H,5-8H2,1-4H3,(H,18,22)(H,19,21)/t11-,13-/m0/s1. The van der Waals surface area contributed by atoms with E-state index >= 15 is 0 Å². The number of carbonyl (C=O) groups is 2. The molecule has 2 heterocycles. The van der Waals surface area contributed by atoms with Crippen molar-refractivity contribution in [2.24, 2.45) is 0 Å². The number of nitrogens with one attached hydrogen (secondary N) is 2. The second-order valence-electron chi connectivity index (χ2n) is 6.20. The minimum absolute atomic E-state index is 0.0634. The van der Waals surface area contributed by atoms with Gasteiger partial charge >= 0.3 is 6.03 Å². The van der Waals surface area contributed by atoms with Crippen molar-refractivity contribution in [2.75, 3.05) is 6.54 Å². The van der Waals surface area contributed by atoms with Crippen molar-refractivity contribution < 1.29 is 9.59 Å². The van der Waals surface area contributed by atoms with Crippen LogP contribution in [-0.2, 0) is 11.2 Å². The average Bonchev–Trinajstić information content (AvgIpc) is 3.15. The number of rotatable bonds is 5. The van der Waals surface area contributed by atoms with Crippen molar-refractivity contribution in [1.82, 2.24) is 20.5 Å². The maximum absolute atomic E-state index is 12.6. The number of hydrogen-bond acceptors (Lipinski definition) is 4. The molecule has 1 aromatic rings. The van der Waals surface area contributed by atoms with Gasteiger partial charge in [0.15, 0.2) is 0 Å². The molecule has 23 heavy (non-hydrogen) atoms. The van der Waals surface area contributed by atoms with Crippen LogP contribution in [0.4, 0.5) is 4.79 Å². The fraction of sp³-hybridized carbons (Fsp3) is 0.688. The highest BCUT2D eigenvalue weighted by molar-refractivity contribution is 7.11. The smallest absolute Gasteiger partial charge is 0.318 e. The highest BCUT2D eigenvalue weighted by atomic mass is 32.1. The number of nitrogens with zero attached hydrogens (tertiary/aromatic N) is 2. The van der Waals surface area contributed by atoms with Gasteiger partial charge in [-0.05, 0) is 40.0 Å². The Hall–Kier alpha value is -1.63. The van der Waals surface area contributed by atoms with Crippen LogP contribution >= 0.6 is 11.3 Å². The predicted molar refractivity (Wildman–Crippen MR) is 91.4 cm³/mol. The topological polar surface area (TPSA) is 74.3 Å². The molecule has 2 atom stereocenters. The summed E-state index contributed by atoms with van der Waals surface area (Å²) in [5, 5.41) is 6.77. The lowest BCUT2D eigenvalue weighted by Crippen LogP contribution is -2.51. The van der Waals surface area contributed by atoms with Gasteiger partial charge in [-0.2, -0.15) is 0 Å². The minimum atomic E-state index is -0.387. The number of aryl methyl sites for hydroxylation is 1. The van der Waals surface area contributed by atoms with Crippen LogP contribution in [0.3, 0.4) is 0 Å². The Kier molecular flexibility index (Phi) is 5.98. The molecule has 0 aromatic carbocycles. The molecule has 0 saturated carbocycles. The largest absolute Gasteiger partial charge is 0.345 e. The van der Waals surface area contributed by atoms with E-state index in [1.165, 1.54) is 4.88 Å². The first-order valence-electron chi connectivity index (χ1n) is 8.24. The Bertz CT molecular complexity index is 558. The van der Waals surface area contributed by atoms with Crippen LogP contribution in [-0.4, -0.2) is 40.5 Å². The van der Waals surface area contributed by atoms with Gasteiger partial charge in [-0.15, -0.1) is 11.3 Å². The van der Waals surface area contributed by atoms with Crippen molar-refractivity contribution in [2.45, 2.75) is 65.1 Å². The van der Waals surface area contributed by atoms with Crippen molar-refractivity contribution in [1.29, 1.82) is 0 Å². The number of urea groups is 1. The molecule has 0 radical (unpaired) electrons. The van der Waals surface area contributed by atoms with Crippen LogP contribution in [0.25, 0.3) is 0 Å². The van der Waals surface area contributed by atoms with E-state index in [1.54, 1.807) is 16.2 Å². The molecule has 1 aromatic heterocycles. The van der Waals surface area contributed by atoms with Gasteiger partial charge in [0.25, 0.3) is 0 Å². The number of aromatic nitrogens is 1. The van der Waals surface area contributed by atoms with Gasteiger partial charge in [0.1, 0.15) is 11.0 Å². The fourth-order valence-electron chi connectivity index (χ4n) is 2.67. The Morgan fingerprint density at radius 2 is 2.13 bits per heavy atom. The quantitative estimate of drug-likeness (QED) is 0.866. The summed E-state index contributed by atoms with van der Waals surface area (Å²) in [7, 11) is 0. The zero-order valence-electron chi connectivity index (χ0n) is 14.3.